The maximum atomic E-state index is 4.88. The second-order valence-electron chi connectivity index (χ2n) is 8.39. The number of anilines is 1. The van der Waals surface area contributed by atoms with Crippen LogP contribution in [-0.4, -0.2) is 35.5 Å². The molecule has 1 aromatic carbocycles. The van der Waals surface area contributed by atoms with E-state index in [1.165, 1.54) is 22.2 Å². The van der Waals surface area contributed by atoms with Crippen LogP contribution in [0.2, 0.25) is 0 Å². The van der Waals surface area contributed by atoms with Gasteiger partial charge in [0.25, 0.3) is 0 Å². The third kappa shape index (κ3) is 3.04. The van der Waals surface area contributed by atoms with Crippen LogP contribution < -0.4 is 5.32 Å². The number of aryl methyl sites for hydroxylation is 3. The predicted octanol–water partition coefficient (Wildman–Crippen LogP) is 4.18. The fourth-order valence-corrected chi connectivity index (χ4v) is 4.60. The normalized spacial score (nSPS) is 16.0. The summed E-state index contributed by atoms with van der Waals surface area (Å²) in [5.74, 6) is 1.45. The second kappa shape index (κ2) is 6.91. The lowest BCUT2D eigenvalue weighted by atomic mass is 9.91. The number of benzene rings is 1. The van der Waals surface area contributed by atoms with E-state index in [0.29, 0.717) is 5.82 Å². The summed E-state index contributed by atoms with van der Waals surface area (Å²) >= 11 is 0. The van der Waals surface area contributed by atoms with E-state index in [1.54, 1.807) is 6.33 Å². The fraction of sp³-hybridized carbons (Fsp3) is 0.250. The Morgan fingerprint density at radius 1 is 1.16 bits per heavy atom. The maximum absolute atomic E-state index is 4.88. The number of aromatic amines is 1. The molecule has 31 heavy (non-hydrogen) atoms. The number of hydrogen-bond acceptors (Lipinski definition) is 5. The standard InChI is InChI=1S/C24H23N7/c1-14-9-15(12-25-11-14)22-29-23(21-24(30-22)31(2)13-26-21)27-16-7-8-20-18(10-16)17-5-3-4-6-19(17)28-20/h3-6,9,11-13,16,28H,7-8,10H2,1-2H3,(H,27,29,30)/t16-/m1/s1. The number of para-hydroxylation sites is 1. The smallest absolute Gasteiger partial charge is 0.165 e. The van der Waals surface area contributed by atoms with Crippen LogP contribution in [0.1, 0.15) is 23.2 Å². The van der Waals surface area contributed by atoms with Crippen molar-refractivity contribution in [1.29, 1.82) is 0 Å². The quantitative estimate of drug-likeness (QED) is 0.467. The molecule has 1 aliphatic rings. The van der Waals surface area contributed by atoms with Crippen LogP contribution in [0.5, 0.6) is 0 Å². The first-order chi connectivity index (χ1) is 15.2. The number of imidazole rings is 1. The molecule has 0 radical (unpaired) electrons. The summed E-state index contributed by atoms with van der Waals surface area (Å²) in [7, 11) is 1.96. The summed E-state index contributed by atoms with van der Waals surface area (Å²) in [5, 5.41) is 5.02. The van der Waals surface area contributed by atoms with Crippen LogP contribution in [0.25, 0.3) is 33.5 Å². The maximum Gasteiger partial charge on any atom is 0.165 e. The number of rotatable bonds is 3. The fourth-order valence-electron chi connectivity index (χ4n) is 4.60. The summed E-state index contributed by atoms with van der Waals surface area (Å²) < 4.78 is 1.94. The topological polar surface area (TPSA) is 84.3 Å². The van der Waals surface area contributed by atoms with Gasteiger partial charge in [0.2, 0.25) is 0 Å². The Hall–Kier alpha value is -3.74. The number of H-pyrrole nitrogens is 1. The Kier molecular flexibility index (Phi) is 4.02. The highest BCUT2D eigenvalue weighted by Gasteiger charge is 2.24. The van der Waals surface area contributed by atoms with Gasteiger partial charge in [0.1, 0.15) is 5.52 Å². The number of aromatic nitrogens is 6. The molecule has 5 aromatic rings. The van der Waals surface area contributed by atoms with E-state index in [1.807, 2.05) is 30.9 Å². The molecule has 6 rings (SSSR count). The van der Waals surface area contributed by atoms with Gasteiger partial charge in [0.15, 0.2) is 17.3 Å². The molecule has 1 atom stereocenters. The zero-order chi connectivity index (χ0) is 20.9. The van der Waals surface area contributed by atoms with E-state index in [2.05, 4.69) is 50.6 Å². The predicted molar refractivity (Wildman–Crippen MR) is 122 cm³/mol. The summed E-state index contributed by atoms with van der Waals surface area (Å²) in [5.41, 5.74) is 7.60. The number of nitrogens with zero attached hydrogens (tertiary/aromatic N) is 5. The van der Waals surface area contributed by atoms with Crippen LogP contribution >= 0.6 is 0 Å². The first-order valence-corrected chi connectivity index (χ1v) is 10.6. The van der Waals surface area contributed by atoms with E-state index in [0.717, 1.165) is 47.4 Å². The molecule has 0 aliphatic heterocycles. The summed E-state index contributed by atoms with van der Waals surface area (Å²) in [6.07, 6.45) is 8.46. The van der Waals surface area contributed by atoms with Crippen molar-refractivity contribution in [3.63, 3.8) is 0 Å². The van der Waals surface area contributed by atoms with E-state index in [4.69, 9.17) is 9.97 Å². The molecule has 0 saturated carbocycles. The van der Waals surface area contributed by atoms with Gasteiger partial charge >= 0.3 is 0 Å². The van der Waals surface area contributed by atoms with Gasteiger partial charge in [0.05, 0.1) is 6.33 Å². The number of pyridine rings is 1. The first-order valence-electron chi connectivity index (χ1n) is 10.6. The highest BCUT2D eigenvalue weighted by atomic mass is 15.1. The Morgan fingerprint density at radius 3 is 2.97 bits per heavy atom. The van der Waals surface area contributed by atoms with Gasteiger partial charge in [-0.05, 0) is 49.4 Å². The van der Waals surface area contributed by atoms with Gasteiger partial charge in [-0.15, -0.1) is 0 Å². The lowest BCUT2D eigenvalue weighted by molar-refractivity contribution is 0.606. The van der Waals surface area contributed by atoms with Gasteiger partial charge in [0, 0.05) is 47.6 Å². The minimum Gasteiger partial charge on any atom is -0.365 e. The van der Waals surface area contributed by atoms with Crippen molar-refractivity contribution in [3.8, 4) is 11.4 Å². The number of nitrogens with one attached hydrogen (secondary N) is 2. The molecule has 0 fully saturated rings. The van der Waals surface area contributed by atoms with Crippen molar-refractivity contribution < 1.29 is 0 Å². The van der Waals surface area contributed by atoms with Crippen molar-refractivity contribution in [1.82, 2.24) is 29.5 Å². The van der Waals surface area contributed by atoms with Gasteiger partial charge in [-0.25, -0.2) is 15.0 Å². The third-order valence-electron chi connectivity index (χ3n) is 6.13. The zero-order valence-corrected chi connectivity index (χ0v) is 17.6. The number of hydrogen-bond donors (Lipinski definition) is 2. The lowest BCUT2D eigenvalue weighted by Crippen LogP contribution is -2.27. The Morgan fingerprint density at radius 2 is 2.06 bits per heavy atom. The van der Waals surface area contributed by atoms with Crippen molar-refractivity contribution >= 4 is 27.9 Å². The van der Waals surface area contributed by atoms with Gasteiger partial charge < -0.3 is 14.9 Å². The van der Waals surface area contributed by atoms with E-state index in [9.17, 15) is 0 Å². The molecule has 4 heterocycles. The molecule has 0 bridgehead atoms. The van der Waals surface area contributed by atoms with Crippen molar-refractivity contribution in [2.45, 2.75) is 32.2 Å². The van der Waals surface area contributed by atoms with Crippen LogP contribution in [0.3, 0.4) is 0 Å². The molecule has 0 amide bonds. The van der Waals surface area contributed by atoms with Crippen molar-refractivity contribution in [2.24, 2.45) is 7.05 Å². The average Bonchev–Trinajstić information content (AvgIpc) is 3.34. The van der Waals surface area contributed by atoms with Crippen molar-refractivity contribution in [3.05, 3.63) is 65.9 Å². The third-order valence-corrected chi connectivity index (χ3v) is 6.13. The molecule has 1 aliphatic carbocycles. The highest BCUT2D eigenvalue weighted by molar-refractivity contribution is 5.86. The van der Waals surface area contributed by atoms with E-state index < -0.39 is 0 Å². The Bertz CT molecular complexity index is 1430. The Balaban J connectivity index is 1.39. The number of fused-ring (bicyclic) bond motifs is 4. The van der Waals surface area contributed by atoms with Crippen molar-refractivity contribution in [2.75, 3.05) is 5.32 Å². The molecule has 7 nitrogen and oxygen atoms in total. The monoisotopic (exact) mass is 409 g/mol. The minimum atomic E-state index is 0.287. The Labute approximate surface area is 179 Å². The van der Waals surface area contributed by atoms with Crippen LogP contribution in [-0.2, 0) is 19.9 Å². The van der Waals surface area contributed by atoms with Crippen LogP contribution in [0, 0.1) is 6.92 Å². The summed E-state index contributed by atoms with van der Waals surface area (Å²) in [6.45, 7) is 2.03. The van der Waals surface area contributed by atoms with Gasteiger partial charge in [-0.1, -0.05) is 18.2 Å². The molecule has 0 saturated heterocycles. The molecule has 0 spiro atoms. The summed E-state index contributed by atoms with van der Waals surface area (Å²) in [4.78, 5) is 22.1. The first kappa shape index (κ1) is 18.1. The molecule has 154 valence electrons. The average molecular weight is 409 g/mol. The molecule has 4 aromatic heterocycles. The molecular formula is C24H23N7. The van der Waals surface area contributed by atoms with Gasteiger partial charge in [-0.3, -0.25) is 4.98 Å². The van der Waals surface area contributed by atoms with Crippen LogP contribution in [0.4, 0.5) is 5.82 Å². The lowest BCUT2D eigenvalue weighted by Gasteiger charge is -2.24. The van der Waals surface area contributed by atoms with E-state index in [-0.39, 0.29) is 6.04 Å². The second-order valence-corrected chi connectivity index (χ2v) is 8.39. The molecular weight excluding hydrogens is 386 g/mol. The largest absolute Gasteiger partial charge is 0.365 e. The summed E-state index contributed by atoms with van der Waals surface area (Å²) in [6, 6.07) is 10.9. The zero-order valence-electron chi connectivity index (χ0n) is 17.6. The highest BCUT2D eigenvalue weighted by Crippen LogP contribution is 2.31. The minimum absolute atomic E-state index is 0.287. The molecule has 7 heteroatoms. The molecule has 0 unspecified atom stereocenters. The van der Waals surface area contributed by atoms with E-state index >= 15 is 0 Å². The van der Waals surface area contributed by atoms with Gasteiger partial charge in [-0.2, -0.15) is 0 Å². The molecule has 2 N–H and O–H groups in total. The SMILES string of the molecule is Cc1cncc(-c2nc(N[C@@H]3CCc4[nH]c5ccccc5c4C3)c3ncn(C)c3n2)c1. The van der Waals surface area contributed by atoms with Crippen LogP contribution in [0.15, 0.2) is 49.1 Å².